The normalized spacial score (nSPS) is 21.0. The van der Waals surface area contributed by atoms with Crippen LogP contribution in [0.3, 0.4) is 0 Å². The minimum absolute atomic E-state index is 0.0854. The van der Waals surface area contributed by atoms with Crippen molar-refractivity contribution in [2.24, 2.45) is 11.1 Å². The van der Waals surface area contributed by atoms with Crippen molar-refractivity contribution in [1.29, 1.82) is 5.26 Å². The largest absolute Gasteiger partial charge is 0.384 e. The lowest BCUT2D eigenvalue weighted by Gasteiger charge is -2.44. The maximum Gasteiger partial charge on any atom is 0.162 e. The summed E-state index contributed by atoms with van der Waals surface area (Å²) in [6, 6.07) is 12.0. The molecule has 0 saturated carbocycles. The fourth-order valence-corrected chi connectivity index (χ4v) is 5.66. The topological polar surface area (TPSA) is 70.1 Å². The van der Waals surface area contributed by atoms with E-state index >= 15 is 0 Å². The predicted molar refractivity (Wildman–Crippen MR) is 122 cm³/mol. The van der Waals surface area contributed by atoms with E-state index in [0.717, 1.165) is 26.7 Å². The molecule has 6 heteroatoms. The van der Waals surface area contributed by atoms with E-state index in [-0.39, 0.29) is 11.2 Å². The van der Waals surface area contributed by atoms with Gasteiger partial charge in [-0.25, -0.2) is 0 Å². The van der Waals surface area contributed by atoms with E-state index in [9.17, 15) is 10.1 Å². The van der Waals surface area contributed by atoms with Gasteiger partial charge in [-0.05, 0) is 55.5 Å². The Kier molecular flexibility index (Phi) is 5.04. The van der Waals surface area contributed by atoms with Crippen LogP contribution in [0.4, 0.5) is 5.69 Å². The number of Topliss-reactive ketones (excluding diaryl/α,β-unsaturated/α-hetero) is 1. The van der Waals surface area contributed by atoms with Crippen LogP contribution in [0.15, 0.2) is 53.0 Å². The van der Waals surface area contributed by atoms with Crippen LogP contribution in [0.2, 0.25) is 5.02 Å². The number of thiophene rings is 1. The first-order valence-electron chi connectivity index (χ1n) is 9.91. The second kappa shape index (κ2) is 7.30. The molecule has 2 aliphatic rings. The van der Waals surface area contributed by atoms with Crippen LogP contribution in [0.25, 0.3) is 0 Å². The van der Waals surface area contributed by atoms with E-state index in [1.807, 2.05) is 49.1 Å². The number of hydrogen-bond acceptors (Lipinski definition) is 5. The molecule has 2 N–H and O–H groups in total. The van der Waals surface area contributed by atoms with Crippen LogP contribution in [-0.4, -0.2) is 5.78 Å². The molecule has 0 bridgehead atoms. The van der Waals surface area contributed by atoms with Gasteiger partial charge in [-0.2, -0.15) is 5.26 Å². The number of nitrogens with zero attached hydrogens (tertiary/aromatic N) is 2. The number of ketones is 1. The number of carbonyl (C=O) groups excluding carboxylic acids is 1. The van der Waals surface area contributed by atoms with E-state index in [1.54, 1.807) is 11.3 Å². The summed E-state index contributed by atoms with van der Waals surface area (Å²) in [6.45, 7) is 8.21. The zero-order valence-electron chi connectivity index (χ0n) is 17.5. The molecule has 1 atom stereocenters. The molecule has 1 aliphatic heterocycles. The summed E-state index contributed by atoms with van der Waals surface area (Å²) < 4.78 is 0. The molecular weight excluding hydrogens is 414 g/mol. The van der Waals surface area contributed by atoms with Crippen LogP contribution in [0.5, 0.6) is 0 Å². The third-order valence-electron chi connectivity index (χ3n) is 5.84. The highest BCUT2D eigenvalue weighted by molar-refractivity contribution is 7.12. The number of anilines is 1. The summed E-state index contributed by atoms with van der Waals surface area (Å²) in [5.41, 5.74) is 10.3. The van der Waals surface area contributed by atoms with Gasteiger partial charge in [0.05, 0.1) is 23.2 Å². The minimum atomic E-state index is -0.414. The van der Waals surface area contributed by atoms with E-state index in [0.29, 0.717) is 34.8 Å². The second-order valence-corrected chi connectivity index (χ2v) is 10.6. The van der Waals surface area contributed by atoms with Gasteiger partial charge in [-0.3, -0.25) is 9.69 Å². The average molecular weight is 438 g/mol. The van der Waals surface area contributed by atoms with Gasteiger partial charge >= 0.3 is 0 Å². The molecule has 0 spiro atoms. The first kappa shape index (κ1) is 20.7. The van der Waals surface area contributed by atoms with Gasteiger partial charge in [0.15, 0.2) is 5.78 Å². The molecule has 2 heterocycles. The molecule has 0 amide bonds. The first-order chi connectivity index (χ1) is 14.1. The third kappa shape index (κ3) is 3.34. The van der Waals surface area contributed by atoms with Crippen LogP contribution in [0, 0.1) is 30.6 Å². The lowest BCUT2D eigenvalue weighted by molar-refractivity contribution is -0.118. The fraction of sp³-hybridized carbons (Fsp3) is 0.333. The number of aryl methyl sites for hydroxylation is 2. The molecule has 1 aromatic heterocycles. The number of allylic oxidation sites excluding steroid dienone is 3. The van der Waals surface area contributed by atoms with Crippen molar-refractivity contribution < 1.29 is 4.79 Å². The van der Waals surface area contributed by atoms with Gasteiger partial charge in [0.1, 0.15) is 5.82 Å². The maximum atomic E-state index is 13.5. The van der Waals surface area contributed by atoms with Gasteiger partial charge in [0.25, 0.3) is 0 Å². The van der Waals surface area contributed by atoms with Crippen molar-refractivity contribution in [3.63, 3.8) is 0 Å². The average Bonchev–Trinajstić information content (AvgIpc) is 3.08. The Hall–Kier alpha value is -2.55. The number of rotatable bonds is 2. The second-order valence-electron chi connectivity index (χ2n) is 8.86. The van der Waals surface area contributed by atoms with Crippen LogP contribution in [-0.2, 0) is 4.79 Å². The number of benzene rings is 1. The molecule has 4 rings (SSSR count). The highest BCUT2D eigenvalue weighted by Gasteiger charge is 2.45. The van der Waals surface area contributed by atoms with Crippen molar-refractivity contribution >= 4 is 34.4 Å². The van der Waals surface area contributed by atoms with Crippen LogP contribution >= 0.6 is 22.9 Å². The molecular formula is C24H24ClN3OS. The summed E-state index contributed by atoms with van der Waals surface area (Å²) in [5, 5.41) is 10.7. The predicted octanol–water partition coefficient (Wildman–Crippen LogP) is 5.96. The quantitative estimate of drug-likeness (QED) is 0.629. The molecule has 1 unspecified atom stereocenters. The summed E-state index contributed by atoms with van der Waals surface area (Å²) in [5.74, 6) is 0.0495. The third-order valence-corrected chi connectivity index (χ3v) is 7.14. The zero-order valence-corrected chi connectivity index (χ0v) is 19.1. The SMILES string of the molecule is Cc1ccc(C2C(C#N)=C(N)N(c3cc(Cl)ccc3C)C3=C2C(=O)CC(C)(C)C3)s1. The van der Waals surface area contributed by atoms with Crippen molar-refractivity contribution in [3.8, 4) is 6.07 Å². The monoisotopic (exact) mass is 437 g/mol. The highest BCUT2D eigenvalue weighted by Crippen LogP contribution is 2.51. The van der Waals surface area contributed by atoms with Gasteiger partial charge in [-0.15, -0.1) is 11.3 Å². The maximum absolute atomic E-state index is 13.5. The van der Waals surface area contributed by atoms with E-state index in [2.05, 4.69) is 19.9 Å². The smallest absolute Gasteiger partial charge is 0.162 e. The zero-order chi connectivity index (χ0) is 21.8. The first-order valence-corrected chi connectivity index (χ1v) is 11.1. The Balaban J connectivity index is 2.03. The van der Waals surface area contributed by atoms with Gasteiger partial charge < -0.3 is 5.73 Å². The van der Waals surface area contributed by atoms with Crippen molar-refractivity contribution in [2.75, 3.05) is 4.90 Å². The lowest BCUT2D eigenvalue weighted by atomic mass is 9.69. The molecule has 0 saturated heterocycles. The molecule has 30 heavy (non-hydrogen) atoms. The number of halogens is 1. The summed E-state index contributed by atoms with van der Waals surface area (Å²) in [4.78, 5) is 17.5. The van der Waals surface area contributed by atoms with Crippen molar-refractivity contribution in [3.05, 3.63) is 73.3 Å². The van der Waals surface area contributed by atoms with Crippen LogP contribution < -0.4 is 10.6 Å². The minimum Gasteiger partial charge on any atom is -0.384 e. The summed E-state index contributed by atoms with van der Waals surface area (Å²) >= 11 is 7.92. The number of nitriles is 1. The van der Waals surface area contributed by atoms with Crippen LogP contribution in [0.1, 0.15) is 47.9 Å². The summed E-state index contributed by atoms with van der Waals surface area (Å²) in [6.07, 6.45) is 1.15. The Morgan fingerprint density at radius 1 is 1.23 bits per heavy atom. The Labute approximate surface area is 186 Å². The Morgan fingerprint density at radius 3 is 2.60 bits per heavy atom. The lowest BCUT2D eigenvalue weighted by Crippen LogP contribution is -2.42. The molecule has 1 aromatic carbocycles. The molecule has 0 fully saturated rings. The van der Waals surface area contributed by atoms with E-state index in [1.165, 1.54) is 0 Å². The molecule has 2 aromatic rings. The number of hydrogen-bond donors (Lipinski definition) is 1. The van der Waals surface area contributed by atoms with E-state index in [4.69, 9.17) is 17.3 Å². The highest BCUT2D eigenvalue weighted by atomic mass is 35.5. The van der Waals surface area contributed by atoms with Gasteiger partial charge in [0.2, 0.25) is 0 Å². The molecule has 4 nitrogen and oxygen atoms in total. The molecule has 154 valence electrons. The van der Waals surface area contributed by atoms with Gasteiger partial charge in [-0.1, -0.05) is 31.5 Å². The standard InChI is InChI=1S/C24H24ClN3OS/c1-13-5-7-15(25)9-17(13)28-18-10-24(3,4)11-19(29)22(18)21(16(12-26)23(28)27)20-8-6-14(2)30-20/h5-9,21H,10-11,27H2,1-4H3. The van der Waals surface area contributed by atoms with E-state index < -0.39 is 5.92 Å². The summed E-state index contributed by atoms with van der Waals surface area (Å²) in [7, 11) is 0. The van der Waals surface area contributed by atoms with Gasteiger partial charge in [0, 0.05) is 32.5 Å². The number of carbonyl (C=O) groups is 1. The Bertz CT molecular complexity index is 1170. The van der Waals surface area contributed by atoms with Crippen molar-refractivity contribution in [2.45, 2.75) is 46.5 Å². The molecule has 1 aliphatic carbocycles. The number of nitrogens with two attached hydrogens (primary N) is 1. The van der Waals surface area contributed by atoms with Crippen molar-refractivity contribution in [1.82, 2.24) is 0 Å². The Morgan fingerprint density at radius 2 is 1.97 bits per heavy atom. The molecule has 0 radical (unpaired) electrons. The fourth-order valence-electron chi connectivity index (χ4n) is 4.50.